The molecule has 1 saturated heterocycles. The number of piperidine rings is 1. The van der Waals surface area contributed by atoms with Gasteiger partial charge in [0.25, 0.3) is 0 Å². The smallest absolute Gasteiger partial charge is 0.0522 e. The molecule has 0 aliphatic carbocycles. The number of aromatic nitrogens is 2. The highest BCUT2D eigenvalue weighted by Gasteiger charge is 2.22. The van der Waals surface area contributed by atoms with E-state index >= 15 is 0 Å². The van der Waals surface area contributed by atoms with Crippen LogP contribution in [0.25, 0.3) is 0 Å². The first-order valence-corrected chi connectivity index (χ1v) is 8.09. The maximum Gasteiger partial charge on any atom is 0.0522 e. The predicted octanol–water partition coefficient (Wildman–Crippen LogP) is 3.78. The van der Waals surface area contributed by atoms with Crippen molar-refractivity contribution in [1.82, 2.24) is 15.1 Å². The third kappa shape index (κ3) is 3.73. The number of rotatable bonds is 5. The van der Waals surface area contributed by atoms with Gasteiger partial charge in [-0.25, -0.2) is 0 Å². The molecule has 112 valence electrons. The van der Waals surface area contributed by atoms with Gasteiger partial charge in [-0.1, -0.05) is 37.3 Å². The molecule has 2 atom stereocenters. The van der Waals surface area contributed by atoms with E-state index in [9.17, 15) is 0 Å². The summed E-state index contributed by atoms with van der Waals surface area (Å²) >= 11 is 0. The van der Waals surface area contributed by atoms with Gasteiger partial charge in [-0.3, -0.25) is 5.10 Å². The van der Waals surface area contributed by atoms with Crippen molar-refractivity contribution in [3.8, 4) is 0 Å². The highest BCUT2D eigenvalue weighted by Crippen LogP contribution is 2.27. The summed E-state index contributed by atoms with van der Waals surface area (Å²) in [4.78, 5) is 2.63. The molecule has 0 unspecified atom stereocenters. The second kappa shape index (κ2) is 6.90. The molecule has 1 aromatic heterocycles. The van der Waals surface area contributed by atoms with Crippen LogP contribution in [0.15, 0.2) is 42.7 Å². The van der Waals surface area contributed by atoms with E-state index in [1.54, 1.807) is 0 Å². The standard InChI is InChI=1S/C18H25N3/c1-15(16-6-3-2-4-7-16)9-11-21-10-5-8-17(14-21)18-12-19-20-13-18/h2-4,6-7,12-13,15,17H,5,8-11,14H2,1H3,(H,19,20)/t15-,17+/m1/s1. The van der Waals surface area contributed by atoms with Crippen molar-refractivity contribution < 1.29 is 0 Å². The van der Waals surface area contributed by atoms with Crippen LogP contribution in [-0.4, -0.2) is 34.7 Å². The van der Waals surface area contributed by atoms with Gasteiger partial charge in [0.05, 0.1) is 6.20 Å². The van der Waals surface area contributed by atoms with Gasteiger partial charge in [-0.15, -0.1) is 0 Å². The van der Waals surface area contributed by atoms with Crippen LogP contribution in [0.5, 0.6) is 0 Å². The summed E-state index contributed by atoms with van der Waals surface area (Å²) in [7, 11) is 0. The molecule has 0 bridgehead atoms. The molecule has 0 amide bonds. The Morgan fingerprint density at radius 2 is 2.19 bits per heavy atom. The van der Waals surface area contributed by atoms with E-state index in [0.717, 1.165) is 0 Å². The quantitative estimate of drug-likeness (QED) is 0.905. The summed E-state index contributed by atoms with van der Waals surface area (Å²) in [5.41, 5.74) is 2.83. The lowest BCUT2D eigenvalue weighted by Crippen LogP contribution is -2.35. The fraction of sp³-hybridized carbons (Fsp3) is 0.500. The summed E-state index contributed by atoms with van der Waals surface area (Å²) < 4.78 is 0. The summed E-state index contributed by atoms with van der Waals surface area (Å²) in [5, 5.41) is 7.04. The molecule has 3 nitrogen and oxygen atoms in total. The van der Waals surface area contributed by atoms with Gasteiger partial charge in [0.15, 0.2) is 0 Å². The summed E-state index contributed by atoms with van der Waals surface area (Å²) in [6.07, 6.45) is 7.88. The molecule has 1 aliphatic heterocycles. The Bertz CT molecular complexity index is 521. The van der Waals surface area contributed by atoms with E-state index in [2.05, 4.69) is 58.5 Å². The minimum absolute atomic E-state index is 0.639. The van der Waals surface area contributed by atoms with Crippen molar-refractivity contribution in [1.29, 1.82) is 0 Å². The Labute approximate surface area is 127 Å². The monoisotopic (exact) mass is 283 g/mol. The first kappa shape index (κ1) is 14.3. The predicted molar refractivity (Wildman–Crippen MR) is 86.5 cm³/mol. The van der Waals surface area contributed by atoms with E-state index < -0.39 is 0 Å². The van der Waals surface area contributed by atoms with Crippen molar-refractivity contribution in [2.75, 3.05) is 19.6 Å². The van der Waals surface area contributed by atoms with E-state index in [1.165, 1.54) is 50.0 Å². The topological polar surface area (TPSA) is 31.9 Å². The highest BCUT2D eigenvalue weighted by molar-refractivity contribution is 5.18. The maximum atomic E-state index is 4.09. The van der Waals surface area contributed by atoms with Gasteiger partial charge in [-0.05, 0) is 55.3 Å². The third-order valence-electron chi connectivity index (χ3n) is 4.74. The normalized spacial score (nSPS) is 21.3. The molecule has 1 fully saturated rings. The van der Waals surface area contributed by atoms with Crippen LogP contribution in [0.2, 0.25) is 0 Å². The Morgan fingerprint density at radius 3 is 2.95 bits per heavy atom. The van der Waals surface area contributed by atoms with Crippen LogP contribution in [-0.2, 0) is 0 Å². The van der Waals surface area contributed by atoms with Gasteiger partial charge >= 0.3 is 0 Å². The molecule has 3 rings (SSSR count). The van der Waals surface area contributed by atoms with Crippen molar-refractivity contribution >= 4 is 0 Å². The molecular formula is C18H25N3. The Hall–Kier alpha value is -1.61. The lowest BCUT2D eigenvalue weighted by Gasteiger charge is -2.33. The number of benzene rings is 1. The van der Waals surface area contributed by atoms with E-state index in [0.29, 0.717) is 11.8 Å². The molecule has 0 spiro atoms. The van der Waals surface area contributed by atoms with E-state index in [4.69, 9.17) is 0 Å². The van der Waals surface area contributed by atoms with Gasteiger partial charge in [-0.2, -0.15) is 5.10 Å². The van der Waals surface area contributed by atoms with Gasteiger partial charge in [0.2, 0.25) is 0 Å². The number of hydrogen-bond acceptors (Lipinski definition) is 2. The highest BCUT2D eigenvalue weighted by atomic mass is 15.1. The number of likely N-dealkylation sites (tertiary alicyclic amines) is 1. The minimum Gasteiger partial charge on any atom is -0.303 e. The summed E-state index contributed by atoms with van der Waals surface area (Å²) in [5.74, 6) is 1.30. The minimum atomic E-state index is 0.639. The Morgan fingerprint density at radius 1 is 1.33 bits per heavy atom. The van der Waals surface area contributed by atoms with Crippen molar-refractivity contribution in [3.63, 3.8) is 0 Å². The fourth-order valence-electron chi connectivity index (χ4n) is 3.34. The molecule has 1 N–H and O–H groups in total. The average molecular weight is 283 g/mol. The molecule has 0 saturated carbocycles. The molecule has 1 aromatic carbocycles. The summed E-state index contributed by atoms with van der Waals surface area (Å²) in [6, 6.07) is 10.9. The fourth-order valence-corrected chi connectivity index (χ4v) is 3.34. The van der Waals surface area contributed by atoms with Gasteiger partial charge < -0.3 is 4.90 Å². The van der Waals surface area contributed by atoms with Gasteiger partial charge in [0.1, 0.15) is 0 Å². The first-order valence-electron chi connectivity index (χ1n) is 8.09. The SMILES string of the molecule is C[C@H](CCN1CCC[C@H](c2cn[nH]c2)C1)c1ccccc1. The van der Waals surface area contributed by atoms with Crippen LogP contribution in [0.3, 0.4) is 0 Å². The zero-order valence-corrected chi connectivity index (χ0v) is 12.8. The largest absolute Gasteiger partial charge is 0.303 e. The molecule has 2 heterocycles. The van der Waals surface area contributed by atoms with Crippen LogP contribution in [0, 0.1) is 0 Å². The second-order valence-corrected chi connectivity index (χ2v) is 6.27. The third-order valence-corrected chi connectivity index (χ3v) is 4.74. The van der Waals surface area contributed by atoms with Crippen LogP contribution < -0.4 is 0 Å². The number of nitrogens with one attached hydrogen (secondary N) is 1. The Balaban J connectivity index is 1.51. The number of nitrogens with zero attached hydrogens (tertiary/aromatic N) is 2. The van der Waals surface area contributed by atoms with Crippen LogP contribution in [0.1, 0.15) is 49.1 Å². The lowest BCUT2D eigenvalue weighted by molar-refractivity contribution is 0.202. The molecule has 3 heteroatoms. The Kier molecular flexibility index (Phi) is 4.71. The van der Waals surface area contributed by atoms with Crippen LogP contribution in [0.4, 0.5) is 0 Å². The number of hydrogen-bond donors (Lipinski definition) is 1. The zero-order valence-electron chi connectivity index (χ0n) is 12.8. The zero-order chi connectivity index (χ0) is 14.5. The number of H-pyrrole nitrogens is 1. The number of aromatic amines is 1. The maximum absolute atomic E-state index is 4.09. The molecular weight excluding hydrogens is 258 g/mol. The van der Waals surface area contributed by atoms with E-state index in [1.807, 2.05) is 6.20 Å². The first-order chi connectivity index (χ1) is 10.3. The average Bonchev–Trinajstić information content (AvgIpc) is 3.08. The van der Waals surface area contributed by atoms with Crippen LogP contribution >= 0.6 is 0 Å². The molecule has 1 aliphatic rings. The molecule has 21 heavy (non-hydrogen) atoms. The van der Waals surface area contributed by atoms with Crippen molar-refractivity contribution in [3.05, 3.63) is 53.9 Å². The second-order valence-electron chi connectivity index (χ2n) is 6.27. The van der Waals surface area contributed by atoms with E-state index in [-0.39, 0.29) is 0 Å². The van der Waals surface area contributed by atoms with Gasteiger partial charge in [0, 0.05) is 12.7 Å². The van der Waals surface area contributed by atoms with Crippen molar-refractivity contribution in [2.24, 2.45) is 0 Å². The van der Waals surface area contributed by atoms with Crippen molar-refractivity contribution in [2.45, 2.75) is 38.0 Å². The molecule has 2 aromatic rings. The lowest BCUT2D eigenvalue weighted by atomic mass is 9.92. The molecule has 0 radical (unpaired) electrons. The summed E-state index contributed by atoms with van der Waals surface area (Å²) in [6.45, 7) is 5.97.